The van der Waals surface area contributed by atoms with E-state index in [0.717, 1.165) is 22.9 Å². The van der Waals surface area contributed by atoms with Crippen molar-refractivity contribution in [1.82, 2.24) is 5.32 Å². The normalized spacial score (nSPS) is 10.5. The van der Waals surface area contributed by atoms with Crippen LogP contribution in [0.25, 0.3) is 0 Å². The van der Waals surface area contributed by atoms with E-state index < -0.39 is 0 Å². The Hall–Kier alpha value is -1.51. The van der Waals surface area contributed by atoms with E-state index in [1.807, 2.05) is 37.4 Å². The summed E-state index contributed by atoms with van der Waals surface area (Å²) in [6, 6.07) is 14.0. The lowest BCUT2D eigenvalue weighted by Gasteiger charge is -2.12. The van der Waals surface area contributed by atoms with Crippen LogP contribution in [-0.2, 0) is 13.2 Å². The van der Waals surface area contributed by atoms with Gasteiger partial charge in [-0.05, 0) is 37.7 Å². The van der Waals surface area contributed by atoms with Gasteiger partial charge in [0.25, 0.3) is 0 Å². The van der Waals surface area contributed by atoms with Crippen LogP contribution in [0, 0.1) is 6.92 Å². The summed E-state index contributed by atoms with van der Waals surface area (Å²) in [6.45, 7) is 3.41. The highest BCUT2D eigenvalue weighted by molar-refractivity contribution is 6.30. The van der Waals surface area contributed by atoms with Crippen molar-refractivity contribution in [2.45, 2.75) is 20.1 Å². The van der Waals surface area contributed by atoms with Gasteiger partial charge < -0.3 is 10.1 Å². The molecule has 0 aliphatic heterocycles. The number of hydrogen-bond acceptors (Lipinski definition) is 2. The summed E-state index contributed by atoms with van der Waals surface area (Å²) in [5.74, 6) is 0.917. The van der Waals surface area contributed by atoms with Crippen LogP contribution in [0.1, 0.15) is 16.7 Å². The van der Waals surface area contributed by atoms with Gasteiger partial charge in [0, 0.05) is 17.1 Å². The van der Waals surface area contributed by atoms with Gasteiger partial charge in [-0.2, -0.15) is 0 Å². The maximum atomic E-state index is 5.96. The molecule has 0 radical (unpaired) electrons. The van der Waals surface area contributed by atoms with Gasteiger partial charge in [0.2, 0.25) is 0 Å². The Kier molecular flexibility index (Phi) is 4.83. The quantitative estimate of drug-likeness (QED) is 0.892. The van der Waals surface area contributed by atoms with Crippen LogP contribution < -0.4 is 10.1 Å². The van der Waals surface area contributed by atoms with Gasteiger partial charge in [0.05, 0.1) is 0 Å². The highest BCUT2D eigenvalue weighted by Crippen LogP contribution is 2.21. The summed E-state index contributed by atoms with van der Waals surface area (Å²) in [6.07, 6.45) is 0. The minimum atomic E-state index is 0.528. The molecule has 0 saturated heterocycles. The zero-order chi connectivity index (χ0) is 13.7. The lowest BCUT2D eigenvalue weighted by molar-refractivity contribution is 0.302. The molecule has 19 heavy (non-hydrogen) atoms. The molecule has 3 heteroatoms. The first-order valence-corrected chi connectivity index (χ1v) is 6.68. The fourth-order valence-electron chi connectivity index (χ4n) is 1.97. The topological polar surface area (TPSA) is 21.3 Å². The molecule has 0 atom stereocenters. The minimum Gasteiger partial charge on any atom is -0.489 e. The highest BCUT2D eigenvalue weighted by atomic mass is 35.5. The molecule has 2 rings (SSSR count). The third kappa shape index (κ3) is 3.98. The zero-order valence-electron chi connectivity index (χ0n) is 11.2. The van der Waals surface area contributed by atoms with Crippen molar-refractivity contribution in [3.8, 4) is 5.75 Å². The fraction of sp³-hybridized carbons (Fsp3) is 0.250. The fourth-order valence-corrected chi connectivity index (χ4v) is 2.18. The molecule has 1 N–H and O–H groups in total. The molecule has 0 aliphatic rings. The Morgan fingerprint density at radius 3 is 2.74 bits per heavy atom. The SMILES string of the molecule is CNCc1cc(C)ccc1OCc1cccc(Cl)c1. The van der Waals surface area contributed by atoms with E-state index in [-0.39, 0.29) is 0 Å². The molecule has 0 unspecified atom stereocenters. The summed E-state index contributed by atoms with van der Waals surface area (Å²) in [5, 5.41) is 3.89. The summed E-state index contributed by atoms with van der Waals surface area (Å²) in [4.78, 5) is 0. The number of rotatable bonds is 5. The van der Waals surface area contributed by atoms with Gasteiger partial charge in [-0.1, -0.05) is 41.4 Å². The van der Waals surface area contributed by atoms with Crippen molar-refractivity contribution in [3.05, 3.63) is 64.2 Å². The molecule has 0 fully saturated rings. The van der Waals surface area contributed by atoms with Crippen LogP contribution in [0.4, 0.5) is 0 Å². The van der Waals surface area contributed by atoms with Crippen LogP contribution in [0.5, 0.6) is 5.75 Å². The average Bonchev–Trinajstić information content (AvgIpc) is 2.38. The van der Waals surface area contributed by atoms with Gasteiger partial charge in [0.15, 0.2) is 0 Å². The Morgan fingerprint density at radius 2 is 2.00 bits per heavy atom. The molecule has 0 aliphatic carbocycles. The van der Waals surface area contributed by atoms with Crippen LogP contribution in [0.2, 0.25) is 5.02 Å². The first-order chi connectivity index (χ1) is 9.19. The molecular formula is C16H18ClNO. The molecule has 0 amide bonds. The number of aryl methyl sites for hydroxylation is 1. The van der Waals surface area contributed by atoms with Crippen molar-refractivity contribution < 1.29 is 4.74 Å². The molecule has 0 aromatic heterocycles. The van der Waals surface area contributed by atoms with Crippen molar-refractivity contribution in [1.29, 1.82) is 0 Å². The third-order valence-electron chi connectivity index (χ3n) is 2.87. The van der Waals surface area contributed by atoms with Crippen LogP contribution >= 0.6 is 11.6 Å². The zero-order valence-corrected chi connectivity index (χ0v) is 12.0. The molecule has 100 valence electrons. The maximum Gasteiger partial charge on any atom is 0.124 e. The van der Waals surface area contributed by atoms with Gasteiger partial charge in [-0.3, -0.25) is 0 Å². The summed E-state index contributed by atoms with van der Waals surface area (Å²) < 4.78 is 5.89. The Bertz CT molecular complexity index is 554. The van der Waals surface area contributed by atoms with Gasteiger partial charge >= 0.3 is 0 Å². The molecule has 0 saturated carbocycles. The maximum absolute atomic E-state index is 5.96. The van der Waals surface area contributed by atoms with E-state index in [0.29, 0.717) is 6.61 Å². The van der Waals surface area contributed by atoms with Gasteiger partial charge in [0.1, 0.15) is 12.4 Å². The second-order valence-electron chi connectivity index (χ2n) is 4.56. The van der Waals surface area contributed by atoms with E-state index in [1.165, 1.54) is 11.1 Å². The number of nitrogens with one attached hydrogen (secondary N) is 1. The average molecular weight is 276 g/mol. The third-order valence-corrected chi connectivity index (χ3v) is 3.10. The van der Waals surface area contributed by atoms with E-state index >= 15 is 0 Å². The highest BCUT2D eigenvalue weighted by Gasteiger charge is 2.04. The first kappa shape index (κ1) is 13.9. The van der Waals surface area contributed by atoms with E-state index in [1.54, 1.807) is 0 Å². The molecule has 0 spiro atoms. The Morgan fingerprint density at radius 1 is 1.16 bits per heavy atom. The van der Waals surface area contributed by atoms with Crippen LogP contribution in [-0.4, -0.2) is 7.05 Å². The molecule has 2 nitrogen and oxygen atoms in total. The summed E-state index contributed by atoms with van der Waals surface area (Å²) in [5.41, 5.74) is 3.48. The number of hydrogen-bond donors (Lipinski definition) is 1. The molecule has 2 aromatic carbocycles. The Labute approximate surface area is 119 Å². The van der Waals surface area contributed by atoms with Crippen molar-refractivity contribution in [2.75, 3.05) is 7.05 Å². The molecular weight excluding hydrogens is 258 g/mol. The molecule has 0 bridgehead atoms. The van der Waals surface area contributed by atoms with E-state index in [2.05, 4.69) is 24.4 Å². The second-order valence-corrected chi connectivity index (χ2v) is 5.00. The van der Waals surface area contributed by atoms with Crippen molar-refractivity contribution in [3.63, 3.8) is 0 Å². The van der Waals surface area contributed by atoms with E-state index in [4.69, 9.17) is 16.3 Å². The number of halogens is 1. The monoisotopic (exact) mass is 275 g/mol. The first-order valence-electron chi connectivity index (χ1n) is 6.30. The lowest BCUT2D eigenvalue weighted by atomic mass is 10.1. The van der Waals surface area contributed by atoms with Crippen LogP contribution in [0.3, 0.4) is 0 Å². The summed E-state index contributed by atoms with van der Waals surface area (Å²) >= 11 is 5.96. The second kappa shape index (κ2) is 6.60. The van der Waals surface area contributed by atoms with Gasteiger partial charge in [-0.25, -0.2) is 0 Å². The lowest BCUT2D eigenvalue weighted by Crippen LogP contribution is -2.08. The largest absolute Gasteiger partial charge is 0.489 e. The number of benzene rings is 2. The predicted molar refractivity (Wildman–Crippen MR) is 79.7 cm³/mol. The van der Waals surface area contributed by atoms with Crippen molar-refractivity contribution in [2.24, 2.45) is 0 Å². The number of ether oxygens (including phenoxy) is 1. The van der Waals surface area contributed by atoms with E-state index in [9.17, 15) is 0 Å². The minimum absolute atomic E-state index is 0.528. The van der Waals surface area contributed by atoms with Crippen LogP contribution in [0.15, 0.2) is 42.5 Å². The smallest absolute Gasteiger partial charge is 0.124 e. The van der Waals surface area contributed by atoms with Gasteiger partial charge in [-0.15, -0.1) is 0 Å². The molecule has 2 aromatic rings. The molecule has 0 heterocycles. The standard InChI is InChI=1S/C16H18ClNO/c1-12-6-7-16(14(8-12)10-18-2)19-11-13-4-3-5-15(17)9-13/h3-9,18H,10-11H2,1-2H3. The van der Waals surface area contributed by atoms with Crippen molar-refractivity contribution >= 4 is 11.6 Å². The summed E-state index contributed by atoms with van der Waals surface area (Å²) in [7, 11) is 1.93. The predicted octanol–water partition coefficient (Wildman–Crippen LogP) is 3.95. The Balaban J connectivity index is 2.10.